The van der Waals surface area contributed by atoms with Crippen molar-refractivity contribution in [3.63, 3.8) is 0 Å². The molecular formula is C19H31N3O2. The summed E-state index contributed by atoms with van der Waals surface area (Å²) in [5.74, 6) is -0.318. The van der Waals surface area contributed by atoms with Gasteiger partial charge in [-0.2, -0.15) is 0 Å². The van der Waals surface area contributed by atoms with Crippen LogP contribution in [0.4, 0.5) is 0 Å². The van der Waals surface area contributed by atoms with Gasteiger partial charge in [-0.25, -0.2) is 0 Å². The van der Waals surface area contributed by atoms with Gasteiger partial charge in [0, 0.05) is 12.6 Å². The van der Waals surface area contributed by atoms with E-state index in [1.807, 2.05) is 25.8 Å². The SMILES string of the molecule is CC(C)NC(=O)CNC(=O)CN(C)Cc1ccc(C(C)(C)C)cc1. The number of carbonyl (C=O) groups excluding carboxylic acids is 2. The van der Waals surface area contributed by atoms with Crippen molar-refractivity contribution in [2.75, 3.05) is 20.1 Å². The molecule has 1 aromatic carbocycles. The molecule has 0 aliphatic carbocycles. The molecule has 2 N–H and O–H groups in total. The lowest BCUT2D eigenvalue weighted by Crippen LogP contribution is -2.42. The van der Waals surface area contributed by atoms with Gasteiger partial charge in [0.2, 0.25) is 11.8 Å². The number of benzene rings is 1. The summed E-state index contributed by atoms with van der Waals surface area (Å²) in [6.07, 6.45) is 0. The Morgan fingerprint density at radius 2 is 1.67 bits per heavy atom. The monoisotopic (exact) mass is 333 g/mol. The van der Waals surface area contributed by atoms with Crippen LogP contribution in [0.25, 0.3) is 0 Å². The van der Waals surface area contributed by atoms with E-state index >= 15 is 0 Å². The minimum absolute atomic E-state index is 0.0190. The highest BCUT2D eigenvalue weighted by Crippen LogP contribution is 2.22. The first-order valence-corrected chi connectivity index (χ1v) is 8.42. The fourth-order valence-corrected chi connectivity index (χ4v) is 2.33. The number of rotatable bonds is 7. The minimum Gasteiger partial charge on any atom is -0.352 e. The minimum atomic E-state index is -0.168. The zero-order chi connectivity index (χ0) is 18.3. The maximum Gasteiger partial charge on any atom is 0.239 e. The molecule has 2 amide bonds. The molecule has 0 aliphatic heterocycles. The van der Waals surface area contributed by atoms with Crippen molar-refractivity contribution < 1.29 is 9.59 Å². The van der Waals surface area contributed by atoms with Crippen molar-refractivity contribution in [2.24, 2.45) is 0 Å². The number of nitrogens with one attached hydrogen (secondary N) is 2. The molecule has 5 heteroatoms. The van der Waals surface area contributed by atoms with E-state index in [0.717, 1.165) is 5.56 Å². The summed E-state index contributed by atoms with van der Waals surface area (Å²) in [5.41, 5.74) is 2.60. The van der Waals surface area contributed by atoms with Crippen molar-refractivity contribution in [1.29, 1.82) is 0 Å². The first-order valence-electron chi connectivity index (χ1n) is 8.42. The zero-order valence-electron chi connectivity index (χ0n) is 15.8. The summed E-state index contributed by atoms with van der Waals surface area (Å²) in [6, 6.07) is 8.56. The second-order valence-corrected chi connectivity index (χ2v) is 7.62. The number of amides is 2. The third kappa shape index (κ3) is 7.59. The van der Waals surface area contributed by atoms with Gasteiger partial charge >= 0.3 is 0 Å². The molecule has 0 radical (unpaired) electrons. The predicted molar refractivity (Wildman–Crippen MR) is 97.8 cm³/mol. The zero-order valence-corrected chi connectivity index (χ0v) is 15.8. The lowest BCUT2D eigenvalue weighted by atomic mass is 9.87. The number of hydrogen-bond acceptors (Lipinski definition) is 3. The average molecular weight is 333 g/mol. The topological polar surface area (TPSA) is 61.4 Å². The van der Waals surface area contributed by atoms with Gasteiger partial charge in [-0.1, -0.05) is 45.0 Å². The number of likely N-dealkylation sites (N-methyl/N-ethyl adjacent to an activating group) is 1. The summed E-state index contributed by atoms with van der Waals surface area (Å²) in [6.45, 7) is 11.3. The predicted octanol–water partition coefficient (Wildman–Crippen LogP) is 2.06. The summed E-state index contributed by atoms with van der Waals surface area (Å²) in [4.78, 5) is 25.3. The van der Waals surface area contributed by atoms with E-state index in [4.69, 9.17) is 0 Å². The van der Waals surface area contributed by atoms with Gasteiger partial charge < -0.3 is 10.6 Å². The first kappa shape index (κ1) is 20.2. The van der Waals surface area contributed by atoms with Crippen LogP contribution in [0.1, 0.15) is 45.7 Å². The molecule has 0 heterocycles. The number of hydrogen-bond donors (Lipinski definition) is 2. The number of carbonyl (C=O) groups is 2. The van der Waals surface area contributed by atoms with Gasteiger partial charge in [0.15, 0.2) is 0 Å². The smallest absolute Gasteiger partial charge is 0.239 e. The Bertz CT molecular complexity index is 545. The fourth-order valence-electron chi connectivity index (χ4n) is 2.33. The van der Waals surface area contributed by atoms with E-state index in [0.29, 0.717) is 6.54 Å². The molecule has 0 fully saturated rings. The summed E-state index contributed by atoms with van der Waals surface area (Å²) < 4.78 is 0. The summed E-state index contributed by atoms with van der Waals surface area (Å²) in [7, 11) is 1.89. The van der Waals surface area contributed by atoms with Crippen LogP contribution in [0.2, 0.25) is 0 Å². The van der Waals surface area contributed by atoms with Crippen LogP contribution in [0.5, 0.6) is 0 Å². The summed E-state index contributed by atoms with van der Waals surface area (Å²) >= 11 is 0. The Morgan fingerprint density at radius 1 is 1.08 bits per heavy atom. The van der Waals surface area contributed by atoms with E-state index in [9.17, 15) is 9.59 Å². The largest absolute Gasteiger partial charge is 0.352 e. The molecule has 1 aromatic rings. The highest BCUT2D eigenvalue weighted by molar-refractivity contribution is 5.85. The van der Waals surface area contributed by atoms with Gasteiger partial charge in [0.25, 0.3) is 0 Å². The average Bonchev–Trinajstić information content (AvgIpc) is 2.44. The van der Waals surface area contributed by atoms with E-state index in [-0.39, 0.29) is 36.4 Å². The van der Waals surface area contributed by atoms with Gasteiger partial charge in [-0.3, -0.25) is 14.5 Å². The van der Waals surface area contributed by atoms with Gasteiger partial charge in [0.05, 0.1) is 13.1 Å². The highest BCUT2D eigenvalue weighted by atomic mass is 16.2. The third-order valence-corrected chi connectivity index (χ3v) is 3.58. The van der Waals surface area contributed by atoms with E-state index in [1.54, 1.807) is 0 Å². The lowest BCUT2D eigenvalue weighted by molar-refractivity contribution is -0.126. The number of nitrogens with zero attached hydrogens (tertiary/aromatic N) is 1. The molecule has 24 heavy (non-hydrogen) atoms. The molecule has 134 valence electrons. The van der Waals surface area contributed by atoms with E-state index < -0.39 is 0 Å². The van der Waals surface area contributed by atoms with Crippen LogP contribution in [-0.4, -0.2) is 42.9 Å². The molecule has 0 saturated heterocycles. The van der Waals surface area contributed by atoms with Crippen LogP contribution < -0.4 is 10.6 Å². The maximum atomic E-state index is 11.9. The highest BCUT2D eigenvalue weighted by Gasteiger charge is 2.13. The first-order chi connectivity index (χ1) is 11.1. The van der Waals surface area contributed by atoms with Crippen molar-refractivity contribution >= 4 is 11.8 Å². The Labute approximate surface area is 145 Å². The second kappa shape index (κ2) is 8.83. The van der Waals surface area contributed by atoms with Gasteiger partial charge in [-0.15, -0.1) is 0 Å². The molecular weight excluding hydrogens is 302 g/mol. The normalized spacial score (nSPS) is 11.7. The Hall–Kier alpha value is -1.88. The summed E-state index contributed by atoms with van der Waals surface area (Å²) in [5, 5.41) is 5.38. The molecule has 0 saturated carbocycles. The second-order valence-electron chi connectivity index (χ2n) is 7.62. The molecule has 5 nitrogen and oxygen atoms in total. The van der Waals surface area contributed by atoms with Crippen molar-refractivity contribution in [3.05, 3.63) is 35.4 Å². The fraction of sp³-hybridized carbons (Fsp3) is 0.579. The van der Waals surface area contributed by atoms with Crippen LogP contribution in [0, 0.1) is 0 Å². The van der Waals surface area contributed by atoms with Crippen LogP contribution in [-0.2, 0) is 21.5 Å². The molecule has 1 rings (SSSR count). The Kier molecular flexibility index (Phi) is 7.42. The standard InChI is InChI=1S/C19H31N3O2/c1-14(2)21-17(23)11-20-18(24)13-22(6)12-15-7-9-16(10-8-15)19(3,4)5/h7-10,14H,11-13H2,1-6H3,(H,20,24)(H,21,23). The maximum absolute atomic E-state index is 11.9. The molecule has 0 spiro atoms. The van der Waals surface area contributed by atoms with Crippen LogP contribution in [0.3, 0.4) is 0 Å². The van der Waals surface area contributed by atoms with Crippen molar-refractivity contribution in [1.82, 2.24) is 15.5 Å². The molecule has 0 unspecified atom stereocenters. The van der Waals surface area contributed by atoms with E-state index in [1.165, 1.54) is 5.56 Å². The third-order valence-electron chi connectivity index (χ3n) is 3.58. The quantitative estimate of drug-likeness (QED) is 0.803. The molecule has 0 aromatic heterocycles. The molecule has 0 atom stereocenters. The lowest BCUT2D eigenvalue weighted by Gasteiger charge is -2.20. The molecule has 0 bridgehead atoms. The Balaban J connectivity index is 2.41. The van der Waals surface area contributed by atoms with E-state index in [2.05, 4.69) is 55.7 Å². The van der Waals surface area contributed by atoms with Crippen molar-refractivity contribution in [3.8, 4) is 0 Å². The van der Waals surface area contributed by atoms with Gasteiger partial charge in [-0.05, 0) is 37.4 Å². The Morgan fingerprint density at radius 3 is 2.17 bits per heavy atom. The van der Waals surface area contributed by atoms with Crippen LogP contribution in [0.15, 0.2) is 24.3 Å². The molecule has 0 aliphatic rings. The van der Waals surface area contributed by atoms with Crippen molar-refractivity contribution in [2.45, 2.75) is 52.6 Å². The van der Waals surface area contributed by atoms with Gasteiger partial charge in [0.1, 0.15) is 0 Å². The van der Waals surface area contributed by atoms with Crippen LogP contribution >= 0.6 is 0 Å².